The molecule has 3 rings (SSSR count). The van der Waals surface area contributed by atoms with Crippen molar-refractivity contribution in [1.82, 2.24) is 5.10 Å². The predicted molar refractivity (Wildman–Crippen MR) is 87.0 cm³/mol. The second-order valence-electron chi connectivity index (χ2n) is 4.78. The molecule has 4 nitrogen and oxygen atoms in total. The summed E-state index contributed by atoms with van der Waals surface area (Å²) < 4.78 is 1.59. The first-order valence-electron chi connectivity index (χ1n) is 6.61. The van der Waals surface area contributed by atoms with Crippen molar-refractivity contribution < 1.29 is 33.5 Å². The standard InChI is InChI=1S/C16H11Cl2N3O.HI/c17-14-6-5-13(7-15(14)18)20-16(22)10-21-9-12-4-2-1-3-11(12)8-19-21;/h1-9H,10H2;1H. The van der Waals surface area contributed by atoms with Gasteiger partial charge in [0.1, 0.15) is 6.20 Å². The fourth-order valence-corrected chi connectivity index (χ4v) is 2.38. The number of nitrogens with zero attached hydrogens (tertiary/aromatic N) is 2. The van der Waals surface area contributed by atoms with Gasteiger partial charge in [-0.2, -0.15) is 0 Å². The van der Waals surface area contributed by atoms with Gasteiger partial charge in [0.25, 0.3) is 12.5 Å². The van der Waals surface area contributed by atoms with Crippen molar-refractivity contribution in [2.45, 2.75) is 6.54 Å². The molecule has 7 heteroatoms. The van der Waals surface area contributed by atoms with E-state index < -0.39 is 0 Å². The average Bonchev–Trinajstić information content (AvgIpc) is 2.51. The topological polar surface area (TPSA) is 45.9 Å². The number of fused-ring (bicyclic) bond motifs is 1. The molecule has 2 aromatic carbocycles. The number of carbonyl (C=O) groups excluding carboxylic acids is 1. The minimum Gasteiger partial charge on any atom is -1.00 e. The molecule has 0 aliphatic carbocycles. The lowest BCUT2D eigenvalue weighted by molar-refractivity contribution is -0.740. The summed E-state index contributed by atoms with van der Waals surface area (Å²) in [6, 6.07) is 12.8. The van der Waals surface area contributed by atoms with Crippen LogP contribution in [0.4, 0.5) is 5.69 Å². The number of hydrogen-bond acceptors (Lipinski definition) is 2. The van der Waals surface area contributed by atoms with Gasteiger partial charge in [-0.3, -0.25) is 4.79 Å². The first kappa shape index (κ1) is 17.9. The average molecular weight is 460 g/mol. The fourth-order valence-electron chi connectivity index (χ4n) is 2.08. The molecule has 0 unspecified atom stereocenters. The number of aromatic nitrogens is 2. The van der Waals surface area contributed by atoms with Gasteiger partial charge in [-0.1, -0.05) is 46.1 Å². The van der Waals surface area contributed by atoms with E-state index in [4.69, 9.17) is 23.2 Å². The van der Waals surface area contributed by atoms with Crippen LogP contribution in [0.3, 0.4) is 0 Å². The Bertz CT molecular complexity index is 858. The lowest BCUT2D eigenvalue weighted by Gasteiger charge is -2.04. The first-order valence-corrected chi connectivity index (χ1v) is 7.37. The highest BCUT2D eigenvalue weighted by Gasteiger charge is 2.12. The maximum absolute atomic E-state index is 12.1. The largest absolute Gasteiger partial charge is 1.00 e. The van der Waals surface area contributed by atoms with Crippen molar-refractivity contribution in [1.29, 1.82) is 0 Å². The Morgan fingerprint density at radius 3 is 2.57 bits per heavy atom. The second kappa shape index (κ2) is 7.90. The van der Waals surface area contributed by atoms with Gasteiger partial charge >= 0.3 is 0 Å². The predicted octanol–water partition coefficient (Wildman–Crippen LogP) is 0.472. The molecule has 3 aromatic rings. The maximum atomic E-state index is 12.1. The highest BCUT2D eigenvalue weighted by Crippen LogP contribution is 2.24. The summed E-state index contributed by atoms with van der Waals surface area (Å²) in [5.41, 5.74) is 0.598. The van der Waals surface area contributed by atoms with E-state index in [1.165, 1.54) is 0 Å². The Kier molecular flexibility index (Phi) is 6.15. The van der Waals surface area contributed by atoms with Crippen LogP contribution in [-0.2, 0) is 11.3 Å². The van der Waals surface area contributed by atoms with E-state index in [9.17, 15) is 4.79 Å². The molecule has 0 aliphatic rings. The van der Waals surface area contributed by atoms with Crippen molar-refractivity contribution in [3.05, 3.63) is 64.9 Å². The van der Waals surface area contributed by atoms with Gasteiger partial charge in [-0.25, -0.2) is 0 Å². The van der Waals surface area contributed by atoms with E-state index in [0.717, 1.165) is 10.8 Å². The molecule has 118 valence electrons. The van der Waals surface area contributed by atoms with E-state index in [1.807, 2.05) is 30.5 Å². The Balaban J connectivity index is 0.00000192. The monoisotopic (exact) mass is 459 g/mol. The number of carbonyl (C=O) groups is 1. The van der Waals surface area contributed by atoms with Gasteiger partial charge in [0.05, 0.1) is 10.0 Å². The number of benzene rings is 2. The quantitative estimate of drug-likeness (QED) is 0.457. The van der Waals surface area contributed by atoms with Gasteiger partial charge in [0.15, 0.2) is 0 Å². The van der Waals surface area contributed by atoms with Gasteiger partial charge < -0.3 is 29.3 Å². The van der Waals surface area contributed by atoms with E-state index in [0.29, 0.717) is 15.7 Å². The summed E-state index contributed by atoms with van der Waals surface area (Å²) in [7, 11) is 0. The summed E-state index contributed by atoms with van der Waals surface area (Å²) in [6.45, 7) is 0.116. The van der Waals surface area contributed by atoms with Crippen LogP contribution < -0.4 is 34.0 Å². The molecule has 0 bridgehead atoms. The molecule has 1 amide bonds. The molecule has 0 atom stereocenters. The summed E-state index contributed by atoms with van der Waals surface area (Å²) in [6.07, 6.45) is 3.57. The van der Waals surface area contributed by atoms with E-state index in [2.05, 4.69) is 10.4 Å². The third-order valence-electron chi connectivity index (χ3n) is 3.14. The molecule has 1 heterocycles. The molecule has 0 aliphatic heterocycles. The number of nitrogens with one attached hydrogen (secondary N) is 1. The fraction of sp³-hybridized carbons (Fsp3) is 0.0625. The van der Waals surface area contributed by atoms with Crippen LogP contribution in [0.1, 0.15) is 0 Å². The van der Waals surface area contributed by atoms with Crippen molar-refractivity contribution in [2.24, 2.45) is 0 Å². The van der Waals surface area contributed by atoms with E-state index in [-0.39, 0.29) is 36.4 Å². The Labute approximate surface area is 160 Å². The van der Waals surface area contributed by atoms with Gasteiger partial charge in [-0.05, 0) is 29.4 Å². The van der Waals surface area contributed by atoms with Crippen LogP contribution in [0.15, 0.2) is 54.9 Å². The number of rotatable bonds is 3. The minimum absolute atomic E-state index is 0. The SMILES string of the molecule is O=C(C[n+]1cc2ccccc2cn1)Nc1ccc(Cl)c(Cl)c1.[I-]. The van der Waals surface area contributed by atoms with Crippen molar-refractivity contribution in [3.63, 3.8) is 0 Å². The molecule has 0 fully saturated rings. The Hall–Kier alpha value is -1.44. The molecule has 23 heavy (non-hydrogen) atoms. The van der Waals surface area contributed by atoms with E-state index >= 15 is 0 Å². The molecule has 1 N–H and O–H groups in total. The molecular formula is C16H12Cl2IN3O. The van der Waals surface area contributed by atoms with Crippen LogP contribution in [-0.4, -0.2) is 11.0 Å². The Morgan fingerprint density at radius 2 is 1.83 bits per heavy atom. The van der Waals surface area contributed by atoms with Crippen LogP contribution in [0, 0.1) is 0 Å². The number of amides is 1. The summed E-state index contributed by atoms with van der Waals surface area (Å²) in [5, 5.41) is 9.90. The third kappa shape index (κ3) is 4.53. The molecular weight excluding hydrogens is 448 g/mol. The zero-order valence-electron chi connectivity index (χ0n) is 11.8. The highest BCUT2D eigenvalue weighted by molar-refractivity contribution is 6.42. The first-order chi connectivity index (χ1) is 10.6. The van der Waals surface area contributed by atoms with Gasteiger partial charge in [0, 0.05) is 16.5 Å². The van der Waals surface area contributed by atoms with Crippen molar-refractivity contribution in [2.75, 3.05) is 5.32 Å². The van der Waals surface area contributed by atoms with Crippen LogP contribution in [0.5, 0.6) is 0 Å². The normalized spacial score (nSPS) is 10.2. The van der Waals surface area contributed by atoms with Gasteiger partial charge in [-0.15, -0.1) is 0 Å². The molecule has 0 radical (unpaired) electrons. The van der Waals surface area contributed by atoms with Crippen molar-refractivity contribution >= 4 is 45.6 Å². The smallest absolute Gasteiger partial charge is 0.292 e. The summed E-state index contributed by atoms with van der Waals surface area (Å²) in [5.74, 6) is -0.189. The van der Waals surface area contributed by atoms with E-state index in [1.54, 1.807) is 29.1 Å². The lowest BCUT2D eigenvalue weighted by Crippen LogP contribution is -3.00. The van der Waals surface area contributed by atoms with Crippen LogP contribution in [0.2, 0.25) is 10.0 Å². The maximum Gasteiger partial charge on any atom is 0.292 e. The van der Waals surface area contributed by atoms with Crippen LogP contribution in [0.25, 0.3) is 10.8 Å². The van der Waals surface area contributed by atoms with Crippen molar-refractivity contribution in [3.8, 4) is 0 Å². The third-order valence-corrected chi connectivity index (χ3v) is 3.88. The highest BCUT2D eigenvalue weighted by atomic mass is 127. The molecule has 0 spiro atoms. The Morgan fingerprint density at radius 1 is 1.09 bits per heavy atom. The van der Waals surface area contributed by atoms with Gasteiger partial charge in [0.2, 0.25) is 6.20 Å². The molecule has 0 saturated carbocycles. The zero-order chi connectivity index (χ0) is 15.5. The minimum atomic E-state index is -0.189. The number of anilines is 1. The summed E-state index contributed by atoms with van der Waals surface area (Å²) in [4.78, 5) is 12.1. The molecule has 1 aromatic heterocycles. The second-order valence-corrected chi connectivity index (χ2v) is 5.59. The summed E-state index contributed by atoms with van der Waals surface area (Å²) >= 11 is 11.8. The number of hydrogen-bond donors (Lipinski definition) is 1. The lowest BCUT2D eigenvalue weighted by atomic mass is 10.2. The molecule has 0 saturated heterocycles. The zero-order valence-corrected chi connectivity index (χ0v) is 15.5. The van der Waals surface area contributed by atoms with Crippen LogP contribution >= 0.6 is 23.2 Å². The number of halogens is 3.